The molecular formula is C7H7ClN4OS. The minimum atomic E-state index is 0.381. The summed E-state index contributed by atoms with van der Waals surface area (Å²) in [6, 6.07) is 0. The van der Waals surface area contributed by atoms with E-state index in [2.05, 4.69) is 19.0 Å². The van der Waals surface area contributed by atoms with Gasteiger partial charge in [0.05, 0.1) is 24.5 Å². The monoisotopic (exact) mass is 230 g/mol. The van der Waals surface area contributed by atoms with E-state index in [1.165, 1.54) is 0 Å². The molecule has 2 aromatic heterocycles. The molecule has 1 N–H and O–H groups in total. The molecule has 74 valence electrons. The third kappa shape index (κ3) is 2.02. The van der Waals surface area contributed by atoms with Gasteiger partial charge in [-0.1, -0.05) is 11.6 Å². The Kier molecular flexibility index (Phi) is 2.64. The molecule has 2 rings (SSSR count). The number of hydrogen-bond donors (Lipinski definition) is 1. The van der Waals surface area contributed by atoms with Gasteiger partial charge >= 0.3 is 0 Å². The van der Waals surface area contributed by atoms with Crippen LogP contribution >= 0.6 is 23.3 Å². The molecule has 0 saturated carbocycles. The van der Waals surface area contributed by atoms with Gasteiger partial charge in [0.1, 0.15) is 5.76 Å². The number of aromatic nitrogens is 3. The van der Waals surface area contributed by atoms with Crippen LogP contribution in [0.5, 0.6) is 0 Å². The van der Waals surface area contributed by atoms with Crippen LogP contribution in [0.2, 0.25) is 5.15 Å². The molecule has 7 heteroatoms. The van der Waals surface area contributed by atoms with Gasteiger partial charge in [-0.15, -0.1) is 0 Å². The van der Waals surface area contributed by atoms with Gasteiger partial charge in [-0.25, -0.2) is 4.98 Å². The summed E-state index contributed by atoms with van der Waals surface area (Å²) in [6.45, 7) is 2.30. The Morgan fingerprint density at radius 3 is 3.00 bits per heavy atom. The van der Waals surface area contributed by atoms with Crippen molar-refractivity contribution in [2.45, 2.75) is 13.5 Å². The molecule has 14 heavy (non-hydrogen) atoms. The number of nitrogens with zero attached hydrogens (tertiary/aromatic N) is 3. The number of nitrogens with one attached hydrogen (secondary N) is 1. The fraction of sp³-hybridized carbons (Fsp3) is 0.286. The van der Waals surface area contributed by atoms with Crippen molar-refractivity contribution < 1.29 is 4.42 Å². The highest BCUT2D eigenvalue weighted by Gasteiger charge is 2.05. The Balaban J connectivity index is 1.98. The lowest BCUT2D eigenvalue weighted by atomic mass is 10.5. The van der Waals surface area contributed by atoms with Crippen LogP contribution in [0.15, 0.2) is 10.6 Å². The number of anilines is 1. The van der Waals surface area contributed by atoms with Crippen LogP contribution in [-0.4, -0.2) is 13.7 Å². The zero-order valence-electron chi connectivity index (χ0n) is 7.32. The molecule has 0 amide bonds. The Bertz CT molecular complexity index is 427. The third-order valence-electron chi connectivity index (χ3n) is 1.55. The molecule has 0 aliphatic rings. The highest BCUT2D eigenvalue weighted by atomic mass is 35.5. The van der Waals surface area contributed by atoms with Gasteiger partial charge in [0, 0.05) is 6.92 Å². The van der Waals surface area contributed by atoms with Crippen LogP contribution in [-0.2, 0) is 6.54 Å². The molecule has 5 nitrogen and oxygen atoms in total. The maximum absolute atomic E-state index is 5.74. The van der Waals surface area contributed by atoms with Crippen LogP contribution in [0.25, 0.3) is 0 Å². The van der Waals surface area contributed by atoms with Crippen LogP contribution in [0.4, 0.5) is 5.82 Å². The van der Waals surface area contributed by atoms with Gasteiger partial charge < -0.3 is 9.73 Å². The van der Waals surface area contributed by atoms with Crippen molar-refractivity contribution in [3.05, 3.63) is 23.0 Å². The van der Waals surface area contributed by atoms with E-state index in [-0.39, 0.29) is 0 Å². The van der Waals surface area contributed by atoms with Crippen molar-refractivity contribution in [3.63, 3.8) is 0 Å². The maximum atomic E-state index is 5.74. The van der Waals surface area contributed by atoms with Crippen LogP contribution in [0.1, 0.15) is 11.7 Å². The van der Waals surface area contributed by atoms with Crippen molar-refractivity contribution in [2.24, 2.45) is 0 Å². The number of aryl methyl sites for hydroxylation is 1. The smallest absolute Gasteiger partial charge is 0.191 e. The molecule has 0 spiro atoms. The lowest BCUT2D eigenvalue weighted by molar-refractivity contribution is 0.481. The molecule has 0 unspecified atom stereocenters. The summed E-state index contributed by atoms with van der Waals surface area (Å²) in [7, 11) is 0. The van der Waals surface area contributed by atoms with E-state index in [1.807, 2.05) is 0 Å². The van der Waals surface area contributed by atoms with E-state index in [0.717, 1.165) is 17.5 Å². The summed E-state index contributed by atoms with van der Waals surface area (Å²) in [5.41, 5.74) is 0. The highest BCUT2D eigenvalue weighted by molar-refractivity contribution is 6.99. The molecule has 2 aromatic rings. The van der Waals surface area contributed by atoms with E-state index in [0.29, 0.717) is 23.4 Å². The lowest BCUT2D eigenvalue weighted by Gasteiger charge is -1.98. The normalized spacial score (nSPS) is 10.4. The van der Waals surface area contributed by atoms with E-state index in [4.69, 9.17) is 16.0 Å². The number of halogens is 1. The summed E-state index contributed by atoms with van der Waals surface area (Å²) in [5.74, 6) is 1.96. The second kappa shape index (κ2) is 3.93. The SMILES string of the molecule is Cc1ncc(CNc2nsnc2Cl)o1. The maximum Gasteiger partial charge on any atom is 0.191 e. The highest BCUT2D eigenvalue weighted by Crippen LogP contribution is 2.18. The molecule has 0 aliphatic heterocycles. The van der Waals surface area contributed by atoms with E-state index >= 15 is 0 Å². The van der Waals surface area contributed by atoms with E-state index in [9.17, 15) is 0 Å². The second-order valence-corrected chi connectivity index (χ2v) is 3.49. The first kappa shape index (κ1) is 9.42. The topological polar surface area (TPSA) is 63.8 Å². The Labute approximate surface area is 89.4 Å². The zero-order valence-corrected chi connectivity index (χ0v) is 8.89. The largest absolute Gasteiger partial charge is 0.444 e. The van der Waals surface area contributed by atoms with Gasteiger partial charge in [0.25, 0.3) is 0 Å². The fourth-order valence-corrected chi connectivity index (χ4v) is 1.62. The quantitative estimate of drug-likeness (QED) is 0.875. The Morgan fingerprint density at radius 1 is 1.57 bits per heavy atom. The molecule has 2 heterocycles. The lowest BCUT2D eigenvalue weighted by Crippen LogP contribution is -1.98. The van der Waals surface area contributed by atoms with Crippen molar-refractivity contribution in [1.82, 2.24) is 13.7 Å². The Morgan fingerprint density at radius 2 is 2.43 bits per heavy atom. The minimum absolute atomic E-state index is 0.381. The van der Waals surface area contributed by atoms with Gasteiger partial charge in [-0.3, -0.25) is 0 Å². The van der Waals surface area contributed by atoms with Gasteiger partial charge in [-0.2, -0.15) is 8.75 Å². The van der Waals surface area contributed by atoms with Crippen LogP contribution in [0, 0.1) is 6.92 Å². The molecule has 0 atom stereocenters. The summed E-state index contributed by atoms with van der Waals surface area (Å²) in [4.78, 5) is 3.97. The van der Waals surface area contributed by atoms with E-state index < -0.39 is 0 Å². The molecule has 0 fully saturated rings. The van der Waals surface area contributed by atoms with Gasteiger partial charge in [0.15, 0.2) is 16.9 Å². The molecule has 0 aromatic carbocycles. The van der Waals surface area contributed by atoms with E-state index in [1.54, 1.807) is 13.1 Å². The predicted octanol–water partition coefficient (Wildman–Crippen LogP) is 2.10. The average molecular weight is 231 g/mol. The third-order valence-corrected chi connectivity index (χ3v) is 2.44. The Hall–Kier alpha value is -1.14. The number of hydrogen-bond acceptors (Lipinski definition) is 6. The molecule has 0 aliphatic carbocycles. The standard InChI is InChI=1S/C7H7ClN4OS/c1-4-9-2-5(13-4)3-10-7-6(8)11-14-12-7/h2H,3H2,1H3,(H,10,12). The number of oxazole rings is 1. The van der Waals surface area contributed by atoms with Crippen LogP contribution < -0.4 is 5.32 Å². The first-order valence-corrected chi connectivity index (χ1v) is 5.00. The summed E-state index contributed by atoms with van der Waals surface area (Å²) in [6.07, 6.45) is 1.66. The summed E-state index contributed by atoms with van der Waals surface area (Å²) < 4.78 is 13.0. The van der Waals surface area contributed by atoms with Gasteiger partial charge in [-0.05, 0) is 0 Å². The molecule has 0 radical (unpaired) electrons. The summed E-state index contributed by atoms with van der Waals surface area (Å²) in [5, 5.41) is 3.37. The first-order valence-electron chi connectivity index (χ1n) is 3.89. The zero-order chi connectivity index (χ0) is 9.97. The van der Waals surface area contributed by atoms with Crippen molar-refractivity contribution in [2.75, 3.05) is 5.32 Å². The van der Waals surface area contributed by atoms with Gasteiger partial charge in [0.2, 0.25) is 0 Å². The van der Waals surface area contributed by atoms with Crippen molar-refractivity contribution in [1.29, 1.82) is 0 Å². The molecule has 0 saturated heterocycles. The second-order valence-electron chi connectivity index (χ2n) is 2.60. The van der Waals surface area contributed by atoms with Crippen molar-refractivity contribution in [3.8, 4) is 0 Å². The minimum Gasteiger partial charge on any atom is -0.444 e. The summed E-state index contributed by atoms with van der Waals surface area (Å²) >= 11 is 6.81. The average Bonchev–Trinajstić information content (AvgIpc) is 2.72. The fourth-order valence-electron chi connectivity index (χ4n) is 0.941. The number of rotatable bonds is 3. The van der Waals surface area contributed by atoms with Crippen LogP contribution in [0.3, 0.4) is 0 Å². The predicted molar refractivity (Wildman–Crippen MR) is 53.5 cm³/mol. The molecular weight excluding hydrogens is 224 g/mol. The molecule has 0 bridgehead atoms. The first-order chi connectivity index (χ1) is 6.75. The van der Waals surface area contributed by atoms with Crippen molar-refractivity contribution >= 4 is 29.1 Å².